The Labute approximate surface area is 164 Å². The zero-order valence-corrected chi connectivity index (χ0v) is 15.4. The number of aromatic nitrogens is 3. The Kier molecular flexibility index (Phi) is 4.67. The molecule has 0 aliphatic rings. The second-order valence-corrected chi connectivity index (χ2v) is 6.40. The van der Waals surface area contributed by atoms with Gasteiger partial charge in [-0.1, -0.05) is 17.7 Å². The Morgan fingerprint density at radius 3 is 2.82 bits per heavy atom. The van der Waals surface area contributed by atoms with Crippen LogP contribution in [-0.2, 0) is 0 Å². The van der Waals surface area contributed by atoms with Gasteiger partial charge in [0.25, 0.3) is 5.91 Å². The molecule has 0 bridgehead atoms. The van der Waals surface area contributed by atoms with Gasteiger partial charge in [0.15, 0.2) is 5.65 Å². The summed E-state index contributed by atoms with van der Waals surface area (Å²) in [6, 6.07) is 14.3. The number of nitrogens with one attached hydrogen (secondary N) is 1. The van der Waals surface area contributed by atoms with Gasteiger partial charge < -0.3 is 10.1 Å². The number of ether oxygens (including phenoxy) is 1. The van der Waals surface area contributed by atoms with Gasteiger partial charge in [-0.25, -0.2) is 13.9 Å². The summed E-state index contributed by atoms with van der Waals surface area (Å²) < 4.78 is 20.9. The average molecular weight is 397 g/mol. The maximum atomic E-state index is 14.2. The first-order chi connectivity index (χ1) is 13.5. The molecule has 1 N–H and O–H groups in total. The predicted molar refractivity (Wildman–Crippen MR) is 104 cm³/mol. The van der Waals surface area contributed by atoms with Crippen LogP contribution >= 0.6 is 11.6 Å². The number of rotatable bonds is 4. The minimum absolute atomic E-state index is 0.0464. The minimum Gasteiger partial charge on any atom is -0.480 e. The Bertz CT molecular complexity index is 1190. The van der Waals surface area contributed by atoms with Crippen molar-refractivity contribution in [1.29, 1.82) is 0 Å². The van der Waals surface area contributed by atoms with Crippen LogP contribution in [-0.4, -0.2) is 27.6 Å². The van der Waals surface area contributed by atoms with Crippen LogP contribution in [0.15, 0.2) is 60.8 Å². The van der Waals surface area contributed by atoms with Crippen LogP contribution in [0.25, 0.3) is 16.9 Å². The maximum absolute atomic E-state index is 14.2. The lowest BCUT2D eigenvalue weighted by molar-refractivity contribution is 0.102. The molecule has 0 saturated heterocycles. The topological polar surface area (TPSA) is 68.5 Å². The number of amides is 1. The molecule has 0 saturated carbocycles. The van der Waals surface area contributed by atoms with E-state index in [1.807, 2.05) is 0 Å². The van der Waals surface area contributed by atoms with Crippen LogP contribution in [0, 0.1) is 5.82 Å². The van der Waals surface area contributed by atoms with Crippen molar-refractivity contribution in [2.45, 2.75) is 0 Å². The standard InChI is InChI=1S/C20H14ClFN4O2/c1-28-19-8-7-18-23-17(11-26(18)25-19)12-5-6-15(22)16(10-12)24-20(27)13-3-2-4-14(21)9-13/h2-11H,1H3,(H,24,27). The number of benzene rings is 2. The molecule has 4 aromatic rings. The smallest absolute Gasteiger partial charge is 0.255 e. The number of halogens is 2. The van der Waals surface area contributed by atoms with Crippen molar-refractivity contribution in [1.82, 2.24) is 14.6 Å². The first kappa shape index (κ1) is 17.9. The third-order valence-corrected chi connectivity index (χ3v) is 4.34. The first-order valence-electron chi connectivity index (χ1n) is 8.31. The molecular formula is C20H14ClFN4O2. The summed E-state index contributed by atoms with van der Waals surface area (Å²) in [5, 5.41) is 7.25. The van der Waals surface area contributed by atoms with Crippen LogP contribution in [0.4, 0.5) is 10.1 Å². The summed E-state index contributed by atoms with van der Waals surface area (Å²) in [6.45, 7) is 0. The molecule has 2 aromatic heterocycles. The first-order valence-corrected chi connectivity index (χ1v) is 8.68. The number of imidazole rings is 1. The summed E-state index contributed by atoms with van der Waals surface area (Å²) in [4.78, 5) is 16.9. The van der Waals surface area contributed by atoms with Gasteiger partial charge >= 0.3 is 0 Å². The molecule has 28 heavy (non-hydrogen) atoms. The van der Waals surface area contributed by atoms with E-state index in [4.69, 9.17) is 16.3 Å². The molecule has 8 heteroatoms. The molecule has 0 aliphatic heterocycles. The van der Waals surface area contributed by atoms with Crippen molar-refractivity contribution in [2.75, 3.05) is 12.4 Å². The number of fused-ring (bicyclic) bond motifs is 1. The summed E-state index contributed by atoms with van der Waals surface area (Å²) in [5.41, 5.74) is 2.21. The molecule has 6 nitrogen and oxygen atoms in total. The highest BCUT2D eigenvalue weighted by molar-refractivity contribution is 6.31. The van der Waals surface area contributed by atoms with Gasteiger partial charge in [-0.15, -0.1) is 5.10 Å². The van der Waals surface area contributed by atoms with Crippen molar-refractivity contribution in [3.8, 4) is 17.1 Å². The zero-order valence-electron chi connectivity index (χ0n) is 14.7. The average Bonchev–Trinajstić information content (AvgIpc) is 3.12. The second kappa shape index (κ2) is 7.28. The fourth-order valence-electron chi connectivity index (χ4n) is 2.72. The third-order valence-electron chi connectivity index (χ3n) is 4.10. The summed E-state index contributed by atoms with van der Waals surface area (Å²) in [7, 11) is 1.53. The van der Waals surface area contributed by atoms with Gasteiger partial charge in [0.05, 0.1) is 24.7 Å². The number of carbonyl (C=O) groups is 1. The molecule has 0 atom stereocenters. The van der Waals surface area contributed by atoms with Crippen LogP contribution in [0.2, 0.25) is 5.02 Å². The van der Waals surface area contributed by atoms with E-state index in [0.29, 0.717) is 33.4 Å². The van der Waals surface area contributed by atoms with Crippen LogP contribution in [0.5, 0.6) is 5.88 Å². The third kappa shape index (κ3) is 3.52. The van der Waals surface area contributed by atoms with Gasteiger partial charge in [-0.05, 0) is 42.5 Å². The number of carbonyl (C=O) groups excluding carboxylic acids is 1. The second-order valence-electron chi connectivity index (χ2n) is 5.96. The lowest BCUT2D eigenvalue weighted by Gasteiger charge is -2.08. The maximum Gasteiger partial charge on any atom is 0.255 e. The fraction of sp³-hybridized carbons (Fsp3) is 0.0500. The minimum atomic E-state index is -0.553. The number of hydrogen-bond donors (Lipinski definition) is 1. The van der Waals surface area contributed by atoms with Crippen LogP contribution in [0.3, 0.4) is 0 Å². The number of methoxy groups -OCH3 is 1. The monoisotopic (exact) mass is 396 g/mol. The molecule has 1 amide bonds. The molecule has 0 aliphatic carbocycles. The van der Waals surface area contributed by atoms with Crippen LogP contribution in [0.1, 0.15) is 10.4 Å². The van der Waals surface area contributed by atoms with E-state index in [1.54, 1.807) is 47.1 Å². The normalized spacial score (nSPS) is 10.8. The van der Waals surface area contributed by atoms with E-state index in [0.717, 1.165) is 0 Å². The summed E-state index contributed by atoms with van der Waals surface area (Å²) in [6.07, 6.45) is 1.70. The van der Waals surface area contributed by atoms with Gasteiger partial charge in [0.1, 0.15) is 5.82 Å². The Morgan fingerprint density at radius 2 is 2.04 bits per heavy atom. The highest BCUT2D eigenvalue weighted by Gasteiger charge is 2.13. The molecule has 0 radical (unpaired) electrons. The number of nitrogens with zero attached hydrogens (tertiary/aromatic N) is 3. The molecule has 0 spiro atoms. The lowest BCUT2D eigenvalue weighted by atomic mass is 10.1. The molecule has 2 heterocycles. The predicted octanol–water partition coefficient (Wildman–Crippen LogP) is 4.45. The molecule has 4 rings (SSSR count). The van der Waals surface area contributed by atoms with Crippen LogP contribution < -0.4 is 10.1 Å². The van der Waals surface area contributed by atoms with Crippen molar-refractivity contribution in [3.05, 3.63) is 77.2 Å². The van der Waals surface area contributed by atoms with Crippen molar-refractivity contribution < 1.29 is 13.9 Å². The van der Waals surface area contributed by atoms with E-state index in [2.05, 4.69) is 15.4 Å². The zero-order chi connectivity index (χ0) is 19.7. The van der Waals surface area contributed by atoms with Gasteiger partial charge in [-0.2, -0.15) is 0 Å². The van der Waals surface area contributed by atoms with E-state index in [-0.39, 0.29) is 5.69 Å². The van der Waals surface area contributed by atoms with Gasteiger partial charge in [0.2, 0.25) is 5.88 Å². The highest BCUT2D eigenvalue weighted by atomic mass is 35.5. The summed E-state index contributed by atoms with van der Waals surface area (Å²) >= 11 is 5.91. The number of anilines is 1. The van der Waals surface area contributed by atoms with Crippen molar-refractivity contribution in [3.63, 3.8) is 0 Å². The Hall–Kier alpha value is -3.45. The van der Waals surface area contributed by atoms with E-state index >= 15 is 0 Å². The van der Waals surface area contributed by atoms with E-state index < -0.39 is 11.7 Å². The van der Waals surface area contributed by atoms with Gasteiger partial charge in [-0.3, -0.25) is 4.79 Å². The molecule has 0 unspecified atom stereocenters. The SMILES string of the molecule is COc1ccc2nc(-c3ccc(F)c(NC(=O)c4cccc(Cl)c4)c3)cn2n1. The molecular weight excluding hydrogens is 383 g/mol. The highest BCUT2D eigenvalue weighted by Crippen LogP contribution is 2.25. The van der Waals surface area contributed by atoms with Crippen molar-refractivity contribution >= 4 is 28.8 Å². The molecule has 0 fully saturated rings. The van der Waals surface area contributed by atoms with Gasteiger partial charge in [0, 0.05) is 22.2 Å². The largest absolute Gasteiger partial charge is 0.480 e. The Morgan fingerprint density at radius 1 is 1.18 bits per heavy atom. The fourth-order valence-corrected chi connectivity index (χ4v) is 2.91. The molecule has 2 aromatic carbocycles. The quantitative estimate of drug-likeness (QED) is 0.553. The molecule has 140 valence electrons. The van der Waals surface area contributed by atoms with E-state index in [9.17, 15) is 9.18 Å². The number of hydrogen-bond acceptors (Lipinski definition) is 4. The lowest BCUT2D eigenvalue weighted by Crippen LogP contribution is -2.13. The van der Waals surface area contributed by atoms with Crippen molar-refractivity contribution in [2.24, 2.45) is 0 Å². The van der Waals surface area contributed by atoms with E-state index in [1.165, 1.54) is 25.3 Å². The summed E-state index contributed by atoms with van der Waals surface area (Å²) in [5.74, 6) is -0.562. The Balaban J connectivity index is 1.66.